The zero-order valence-corrected chi connectivity index (χ0v) is 9.64. The molecule has 0 spiro atoms. The van der Waals surface area contributed by atoms with Crippen molar-refractivity contribution in [3.05, 3.63) is 23.8 Å². The van der Waals surface area contributed by atoms with Crippen LogP contribution in [0.3, 0.4) is 0 Å². The van der Waals surface area contributed by atoms with Crippen LogP contribution in [0.1, 0.15) is 24.8 Å². The standard InChI is InChI=1S/C12H14O5/c1-7(13)5-9(12(15)16)8-3-4-10(14)11(6-8)17-2/h3-4,6,9,14H,5H2,1-2H3,(H,15,16). The van der Waals surface area contributed by atoms with Crippen LogP contribution >= 0.6 is 0 Å². The Morgan fingerprint density at radius 2 is 2.06 bits per heavy atom. The van der Waals surface area contributed by atoms with E-state index in [1.165, 1.54) is 32.2 Å². The van der Waals surface area contributed by atoms with Crippen molar-refractivity contribution in [1.29, 1.82) is 0 Å². The Morgan fingerprint density at radius 3 is 2.53 bits per heavy atom. The van der Waals surface area contributed by atoms with Crippen LogP contribution in [0.15, 0.2) is 18.2 Å². The highest BCUT2D eigenvalue weighted by Crippen LogP contribution is 2.31. The van der Waals surface area contributed by atoms with Crippen molar-refractivity contribution in [1.82, 2.24) is 0 Å². The fourth-order valence-electron chi connectivity index (χ4n) is 1.55. The first kappa shape index (κ1) is 13.0. The Morgan fingerprint density at radius 1 is 1.41 bits per heavy atom. The number of rotatable bonds is 5. The number of benzene rings is 1. The van der Waals surface area contributed by atoms with E-state index in [0.29, 0.717) is 5.56 Å². The SMILES string of the molecule is COc1cc(C(CC(C)=O)C(=O)O)ccc1O. The van der Waals surface area contributed by atoms with E-state index >= 15 is 0 Å². The lowest BCUT2D eigenvalue weighted by Crippen LogP contribution is -2.14. The maximum atomic E-state index is 11.1. The summed E-state index contributed by atoms with van der Waals surface area (Å²) in [5.74, 6) is -2.07. The van der Waals surface area contributed by atoms with Crippen molar-refractivity contribution in [2.75, 3.05) is 7.11 Å². The van der Waals surface area contributed by atoms with Crippen LogP contribution in [0.4, 0.5) is 0 Å². The van der Waals surface area contributed by atoms with Gasteiger partial charge in [0.1, 0.15) is 5.78 Å². The van der Waals surface area contributed by atoms with Gasteiger partial charge in [-0.1, -0.05) is 6.07 Å². The van der Waals surface area contributed by atoms with Crippen LogP contribution in [-0.2, 0) is 9.59 Å². The molecule has 0 saturated heterocycles. The van der Waals surface area contributed by atoms with Gasteiger partial charge < -0.3 is 14.9 Å². The third kappa shape index (κ3) is 3.21. The van der Waals surface area contributed by atoms with Gasteiger partial charge in [0.15, 0.2) is 11.5 Å². The Bertz CT molecular complexity index is 439. The van der Waals surface area contributed by atoms with Crippen LogP contribution in [0.2, 0.25) is 0 Å². The minimum absolute atomic E-state index is 0.0665. The van der Waals surface area contributed by atoms with E-state index in [1.807, 2.05) is 0 Å². The Balaban J connectivity index is 3.10. The molecule has 1 atom stereocenters. The molecule has 17 heavy (non-hydrogen) atoms. The summed E-state index contributed by atoms with van der Waals surface area (Å²) >= 11 is 0. The van der Waals surface area contributed by atoms with Gasteiger partial charge in [-0.3, -0.25) is 9.59 Å². The number of phenols is 1. The number of ether oxygens (including phenoxy) is 1. The predicted molar refractivity (Wildman–Crippen MR) is 60.3 cm³/mol. The third-order valence-corrected chi connectivity index (χ3v) is 2.40. The fraction of sp³-hybridized carbons (Fsp3) is 0.333. The Hall–Kier alpha value is -2.04. The van der Waals surface area contributed by atoms with Gasteiger partial charge in [-0.05, 0) is 24.6 Å². The molecule has 0 amide bonds. The summed E-state index contributed by atoms with van der Waals surface area (Å²) in [5.41, 5.74) is 0.433. The van der Waals surface area contributed by atoms with Crippen molar-refractivity contribution in [2.45, 2.75) is 19.3 Å². The molecule has 5 nitrogen and oxygen atoms in total. The second-order valence-corrected chi connectivity index (χ2v) is 3.73. The van der Waals surface area contributed by atoms with Gasteiger partial charge in [-0.15, -0.1) is 0 Å². The van der Waals surface area contributed by atoms with Crippen molar-refractivity contribution in [3.8, 4) is 11.5 Å². The van der Waals surface area contributed by atoms with Gasteiger partial charge in [0.25, 0.3) is 0 Å². The molecule has 92 valence electrons. The molecule has 0 radical (unpaired) electrons. The molecule has 0 aliphatic heterocycles. The average Bonchev–Trinajstić information content (AvgIpc) is 2.26. The lowest BCUT2D eigenvalue weighted by atomic mass is 9.94. The van der Waals surface area contributed by atoms with Gasteiger partial charge in [-0.2, -0.15) is 0 Å². The zero-order chi connectivity index (χ0) is 13.0. The van der Waals surface area contributed by atoms with Crippen molar-refractivity contribution < 1.29 is 24.5 Å². The lowest BCUT2D eigenvalue weighted by Gasteiger charge is -2.12. The molecule has 1 aromatic rings. The van der Waals surface area contributed by atoms with E-state index in [9.17, 15) is 14.7 Å². The maximum Gasteiger partial charge on any atom is 0.311 e. The molecule has 0 heterocycles. The number of phenolic OH excluding ortho intramolecular Hbond substituents is 1. The van der Waals surface area contributed by atoms with E-state index < -0.39 is 11.9 Å². The molecule has 2 N–H and O–H groups in total. The monoisotopic (exact) mass is 238 g/mol. The summed E-state index contributed by atoms with van der Waals surface area (Å²) in [5, 5.41) is 18.5. The first-order valence-electron chi connectivity index (χ1n) is 5.05. The number of Topliss-reactive ketones (excluding diaryl/α,β-unsaturated/α-hetero) is 1. The second kappa shape index (κ2) is 5.34. The summed E-state index contributed by atoms with van der Waals surface area (Å²) < 4.78 is 4.89. The number of methoxy groups -OCH3 is 1. The Kier molecular flexibility index (Phi) is 4.09. The van der Waals surface area contributed by atoms with Gasteiger partial charge in [-0.25, -0.2) is 0 Å². The highest BCUT2D eigenvalue weighted by atomic mass is 16.5. The molecule has 0 saturated carbocycles. The van der Waals surface area contributed by atoms with Gasteiger partial charge in [0, 0.05) is 6.42 Å². The molecule has 0 aliphatic carbocycles. The maximum absolute atomic E-state index is 11.1. The summed E-state index contributed by atoms with van der Waals surface area (Å²) in [6, 6.07) is 4.25. The Labute approximate surface area is 98.6 Å². The molecule has 0 bridgehead atoms. The summed E-state index contributed by atoms with van der Waals surface area (Å²) in [4.78, 5) is 22.1. The molecular formula is C12H14O5. The van der Waals surface area contributed by atoms with Crippen molar-refractivity contribution in [3.63, 3.8) is 0 Å². The number of aromatic hydroxyl groups is 1. The van der Waals surface area contributed by atoms with Gasteiger partial charge in [0.05, 0.1) is 13.0 Å². The minimum Gasteiger partial charge on any atom is -0.504 e. The number of carboxylic acid groups (broad SMARTS) is 1. The fourth-order valence-corrected chi connectivity index (χ4v) is 1.55. The van der Waals surface area contributed by atoms with Gasteiger partial charge >= 0.3 is 5.97 Å². The van der Waals surface area contributed by atoms with Crippen molar-refractivity contribution >= 4 is 11.8 Å². The topological polar surface area (TPSA) is 83.8 Å². The molecule has 5 heteroatoms. The van der Waals surface area contributed by atoms with Crippen LogP contribution in [0.5, 0.6) is 11.5 Å². The van der Waals surface area contributed by atoms with Crippen LogP contribution < -0.4 is 4.74 Å². The number of hydrogen-bond donors (Lipinski definition) is 2. The smallest absolute Gasteiger partial charge is 0.311 e. The molecule has 0 fully saturated rings. The van der Waals surface area contributed by atoms with E-state index in [0.717, 1.165) is 0 Å². The summed E-state index contributed by atoms with van der Waals surface area (Å²) in [6.07, 6.45) is -0.0801. The highest BCUT2D eigenvalue weighted by Gasteiger charge is 2.22. The highest BCUT2D eigenvalue weighted by molar-refractivity contribution is 5.85. The van der Waals surface area contributed by atoms with Crippen LogP contribution in [0.25, 0.3) is 0 Å². The number of carbonyl (C=O) groups excluding carboxylic acids is 1. The molecular weight excluding hydrogens is 224 g/mol. The third-order valence-electron chi connectivity index (χ3n) is 2.40. The zero-order valence-electron chi connectivity index (χ0n) is 9.64. The second-order valence-electron chi connectivity index (χ2n) is 3.73. The molecule has 0 aliphatic rings. The van der Waals surface area contributed by atoms with Crippen LogP contribution in [0, 0.1) is 0 Å². The quantitative estimate of drug-likeness (QED) is 0.813. The summed E-state index contributed by atoms with van der Waals surface area (Å²) in [6.45, 7) is 1.34. The molecule has 0 aromatic heterocycles. The lowest BCUT2D eigenvalue weighted by molar-refractivity contribution is -0.140. The minimum atomic E-state index is -1.08. The normalized spacial score (nSPS) is 11.9. The predicted octanol–water partition coefficient (Wildman–Crippen LogP) is 1.55. The largest absolute Gasteiger partial charge is 0.504 e. The van der Waals surface area contributed by atoms with E-state index in [4.69, 9.17) is 9.84 Å². The van der Waals surface area contributed by atoms with E-state index in [1.54, 1.807) is 0 Å². The number of ketones is 1. The first-order valence-corrected chi connectivity index (χ1v) is 5.05. The van der Waals surface area contributed by atoms with Gasteiger partial charge in [0.2, 0.25) is 0 Å². The number of carboxylic acids is 1. The van der Waals surface area contributed by atoms with E-state index in [2.05, 4.69) is 0 Å². The van der Waals surface area contributed by atoms with Crippen LogP contribution in [-0.4, -0.2) is 29.1 Å². The summed E-state index contributed by atoms with van der Waals surface area (Å²) in [7, 11) is 1.37. The average molecular weight is 238 g/mol. The molecule has 1 aromatic carbocycles. The number of carbonyl (C=O) groups is 2. The van der Waals surface area contributed by atoms with E-state index in [-0.39, 0.29) is 23.7 Å². The first-order chi connectivity index (χ1) is 7.95. The number of hydrogen-bond acceptors (Lipinski definition) is 4. The number of aliphatic carboxylic acids is 1. The molecule has 1 rings (SSSR count). The van der Waals surface area contributed by atoms with Crippen molar-refractivity contribution in [2.24, 2.45) is 0 Å². The molecule has 1 unspecified atom stereocenters.